The lowest BCUT2D eigenvalue weighted by atomic mass is 10.2. The Labute approximate surface area is 119 Å². The number of benzene rings is 1. The fourth-order valence-electron chi connectivity index (χ4n) is 1.80. The summed E-state index contributed by atoms with van der Waals surface area (Å²) in [7, 11) is 1.95. The first-order chi connectivity index (χ1) is 8.71. The van der Waals surface area contributed by atoms with E-state index in [1.54, 1.807) is 0 Å². The Bertz CT molecular complexity index is 354. The molecule has 3 nitrogen and oxygen atoms in total. The molecule has 0 bridgehead atoms. The van der Waals surface area contributed by atoms with Crippen LogP contribution in [-0.2, 0) is 6.54 Å². The summed E-state index contributed by atoms with van der Waals surface area (Å²) in [6.07, 6.45) is 0. The SMILES string of the molecule is CCN(CC)CCOc1ccc(CNC)cc1Br. The van der Waals surface area contributed by atoms with Gasteiger partial charge in [-0.15, -0.1) is 0 Å². The fourth-order valence-corrected chi connectivity index (χ4v) is 2.34. The number of nitrogens with zero attached hydrogens (tertiary/aromatic N) is 1. The summed E-state index contributed by atoms with van der Waals surface area (Å²) in [5, 5.41) is 3.14. The Balaban J connectivity index is 2.47. The number of hydrogen-bond acceptors (Lipinski definition) is 3. The maximum absolute atomic E-state index is 5.80. The van der Waals surface area contributed by atoms with Crippen molar-refractivity contribution in [2.24, 2.45) is 0 Å². The molecule has 0 atom stereocenters. The molecule has 0 aromatic heterocycles. The van der Waals surface area contributed by atoms with E-state index in [-0.39, 0.29) is 0 Å². The van der Waals surface area contributed by atoms with E-state index in [0.717, 1.165) is 43.0 Å². The van der Waals surface area contributed by atoms with Gasteiger partial charge in [-0.25, -0.2) is 0 Å². The van der Waals surface area contributed by atoms with E-state index in [0.29, 0.717) is 0 Å². The lowest BCUT2D eigenvalue weighted by molar-refractivity contribution is 0.222. The predicted molar refractivity (Wildman–Crippen MR) is 80.2 cm³/mol. The summed E-state index contributed by atoms with van der Waals surface area (Å²) in [5.74, 6) is 0.919. The van der Waals surface area contributed by atoms with Crippen molar-refractivity contribution in [3.63, 3.8) is 0 Å². The van der Waals surface area contributed by atoms with Crippen molar-refractivity contribution in [2.75, 3.05) is 33.3 Å². The third kappa shape index (κ3) is 4.96. The topological polar surface area (TPSA) is 24.5 Å². The largest absolute Gasteiger partial charge is 0.491 e. The lowest BCUT2D eigenvalue weighted by Gasteiger charge is -2.18. The molecule has 0 heterocycles. The van der Waals surface area contributed by atoms with Crippen LogP contribution in [0.3, 0.4) is 0 Å². The van der Waals surface area contributed by atoms with Crippen LogP contribution in [0.2, 0.25) is 0 Å². The summed E-state index contributed by atoms with van der Waals surface area (Å²) in [6.45, 7) is 9.06. The first-order valence-electron chi connectivity index (χ1n) is 6.49. The van der Waals surface area contributed by atoms with Gasteiger partial charge in [-0.2, -0.15) is 0 Å². The van der Waals surface area contributed by atoms with Crippen LogP contribution in [0.25, 0.3) is 0 Å². The van der Waals surface area contributed by atoms with Gasteiger partial charge in [0.1, 0.15) is 12.4 Å². The molecule has 0 amide bonds. The Morgan fingerprint density at radius 3 is 2.56 bits per heavy atom. The molecule has 0 aliphatic heterocycles. The average Bonchev–Trinajstić information content (AvgIpc) is 2.37. The molecule has 0 unspecified atom stereocenters. The molecule has 0 saturated carbocycles. The van der Waals surface area contributed by atoms with E-state index in [1.165, 1.54) is 5.56 Å². The molecule has 0 saturated heterocycles. The molecule has 0 aliphatic rings. The molecule has 102 valence electrons. The molecule has 0 fully saturated rings. The summed E-state index contributed by atoms with van der Waals surface area (Å²) in [4.78, 5) is 2.35. The second-order valence-electron chi connectivity index (χ2n) is 4.17. The highest BCUT2D eigenvalue weighted by molar-refractivity contribution is 9.10. The smallest absolute Gasteiger partial charge is 0.133 e. The quantitative estimate of drug-likeness (QED) is 0.798. The number of nitrogens with one attached hydrogen (secondary N) is 1. The molecule has 1 rings (SSSR count). The van der Waals surface area contributed by atoms with E-state index in [1.807, 2.05) is 13.1 Å². The van der Waals surface area contributed by atoms with Gasteiger partial charge in [-0.05, 0) is 53.8 Å². The second-order valence-corrected chi connectivity index (χ2v) is 5.02. The van der Waals surface area contributed by atoms with Crippen molar-refractivity contribution in [2.45, 2.75) is 20.4 Å². The van der Waals surface area contributed by atoms with Gasteiger partial charge < -0.3 is 15.0 Å². The summed E-state index contributed by atoms with van der Waals surface area (Å²) in [6, 6.07) is 6.22. The highest BCUT2D eigenvalue weighted by atomic mass is 79.9. The van der Waals surface area contributed by atoms with Gasteiger partial charge >= 0.3 is 0 Å². The summed E-state index contributed by atoms with van der Waals surface area (Å²) in [5.41, 5.74) is 1.25. The second kappa shape index (κ2) is 8.51. The predicted octanol–water partition coefficient (Wildman–Crippen LogP) is 2.89. The van der Waals surface area contributed by atoms with Crippen LogP contribution < -0.4 is 10.1 Å². The van der Waals surface area contributed by atoms with Crippen molar-refractivity contribution < 1.29 is 4.74 Å². The van der Waals surface area contributed by atoms with Gasteiger partial charge in [0.05, 0.1) is 4.47 Å². The molecule has 0 radical (unpaired) electrons. The number of halogens is 1. The van der Waals surface area contributed by atoms with Crippen LogP contribution in [0.1, 0.15) is 19.4 Å². The molecule has 4 heteroatoms. The van der Waals surface area contributed by atoms with E-state index < -0.39 is 0 Å². The zero-order valence-corrected chi connectivity index (χ0v) is 13.1. The van der Waals surface area contributed by atoms with Crippen LogP contribution in [0, 0.1) is 0 Å². The van der Waals surface area contributed by atoms with Gasteiger partial charge in [0.15, 0.2) is 0 Å². The van der Waals surface area contributed by atoms with Gasteiger partial charge in [-0.3, -0.25) is 0 Å². The van der Waals surface area contributed by atoms with Gasteiger partial charge in [0.2, 0.25) is 0 Å². The molecular formula is C14H23BrN2O. The molecule has 1 N–H and O–H groups in total. The third-order valence-corrected chi connectivity index (χ3v) is 3.56. The Kier molecular flexibility index (Phi) is 7.32. The standard InChI is InChI=1S/C14H23BrN2O/c1-4-17(5-2)8-9-18-14-7-6-12(11-16-3)10-13(14)15/h6-7,10,16H,4-5,8-9,11H2,1-3H3. The van der Waals surface area contributed by atoms with Crippen LogP contribution >= 0.6 is 15.9 Å². The molecule has 1 aromatic carbocycles. The fraction of sp³-hybridized carbons (Fsp3) is 0.571. The first-order valence-corrected chi connectivity index (χ1v) is 7.28. The summed E-state index contributed by atoms with van der Waals surface area (Å²) >= 11 is 3.55. The van der Waals surface area contributed by atoms with Crippen molar-refractivity contribution in [3.05, 3.63) is 28.2 Å². The zero-order chi connectivity index (χ0) is 13.4. The van der Waals surface area contributed by atoms with E-state index in [4.69, 9.17) is 4.74 Å². The first kappa shape index (κ1) is 15.5. The number of likely N-dealkylation sites (N-methyl/N-ethyl adjacent to an activating group) is 1. The monoisotopic (exact) mass is 314 g/mol. The van der Waals surface area contributed by atoms with Gasteiger partial charge in [0.25, 0.3) is 0 Å². The van der Waals surface area contributed by atoms with Crippen molar-refractivity contribution in [3.8, 4) is 5.75 Å². The third-order valence-electron chi connectivity index (χ3n) is 2.94. The normalized spacial score (nSPS) is 10.9. The van der Waals surface area contributed by atoms with Crippen LogP contribution in [-0.4, -0.2) is 38.2 Å². The minimum Gasteiger partial charge on any atom is -0.491 e. The maximum Gasteiger partial charge on any atom is 0.133 e. The van der Waals surface area contributed by atoms with E-state index in [9.17, 15) is 0 Å². The molecule has 0 spiro atoms. The Morgan fingerprint density at radius 1 is 1.28 bits per heavy atom. The molecule has 18 heavy (non-hydrogen) atoms. The lowest BCUT2D eigenvalue weighted by Crippen LogP contribution is -2.27. The highest BCUT2D eigenvalue weighted by Gasteiger charge is 2.04. The number of ether oxygens (including phenoxy) is 1. The van der Waals surface area contributed by atoms with Crippen molar-refractivity contribution in [1.82, 2.24) is 10.2 Å². The molecule has 1 aromatic rings. The minimum atomic E-state index is 0.728. The van der Waals surface area contributed by atoms with Crippen molar-refractivity contribution in [1.29, 1.82) is 0 Å². The van der Waals surface area contributed by atoms with Crippen LogP contribution in [0.5, 0.6) is 5.75 Å². The van der Waals surface area contributed by atoms with E-state index >= 15 is 0 Å². The van der Waals surface area contributed by atoms with Crippen LogP contribution in [0.15, 0.2) is 22.7 Å². The highest BCUT2D eigenvalue weighted by Crippen LogP contribution is 2.25. The van der Waals surface area contributed by atoms with Gasteiger partial charge in [-0.1, -0.05) is 19.9 Å². The summed E-state index contributed by atoms with van der Waals surface area (Å²) < 4.78 is 6.82. The van der Waals surface area contributed by atoms with Crippen molar-refractivity contribution >= 4 is 15.9 Å². The maximum atomic E-state index is 5.80. The Morgan fingerprint density at radius 2 is 2.00 bits per heavy atom. The average molecular weight is 315 g/mol. The number of hydrogen-bond donors (Lipinski definition) is 1. The zero-order valence-electron chi connectivity index (χ0n) is 11.5. The van der Waals surface area contributed by atoms with Gasteiger partial charge in [0, 0.05) is 13.1 Å². The molecular weight excluding hydrogens is 292 g/mol. The molecule has 0 aliphatic carbocycles. The van der Waals surface area contributed by atoms with E-state index in [2.05, 4.69) is 52.1 Å². The van der Waals surface area contributed by atoms with Crippen LogP contribution in [0.4, 0.5) is 0 Å². The number of rotatable bonds is 8. The minimum absolute atomic E-state index is 0.728. The Hall–Kier alpha value is -0.580.